The monoisotopic (exact) mass is 219 g/mol. The third-order valence-corrected chi connectivity index (χ3v) is 1.87. The molecule has 1 N–H and O–H groups in total. The predicted molar refractivity (Wildman–Crippen MR) is 55.0 cm³/mol. The third-order valence-electron chi connectivity index (χ3n) is 1.59. The molecule has 0 saturated carbocycles. The van der Waals surface area contributed by atoms with E-state index < -0.39 is 0 Å². The molecule has 0 aliphatic rings. The SMILES string of the molecule is C=C(Br)CNCC(C)CCC. The number of hydrogen-bond donors (Lipinski definition) is 1. The van der Waals surface area contributed by atoms with Crippen LogP contribution in [-0.4, -0.2) is 13.1 Å². The Morgan fingerprint density at radius 1 is 1.64 bits per heavy atom. The minimum absolute atomic E-state index is 0.784. The molecule has 0 aliphatic carbocycles. The summed E-state index contributed by atoms with van der Waals surface area (Å²) in [6, 6.07) is 0. The lowest BCUT2D eigenvalue weighted by atomic mass is 10.1. The summed E-state index contributed by atoms with van der Waals surface area (Å²) in [5.41, 5.74) is 0. The van der Waals surface area contributed by atoms with E-state index in [9.17, 15) is 0 Å². The van der Waals surface area contributed by atoms with E-state index in [1.807, 2.05) is 0 Å². The summed E-state index contributed by atoms with van der Waals surface area (Å²) in [5, 5.41) is 3.32. The maximum atomic E-state index is 3.75. The van der Waals surface area contributed by atoms with Crippen LogP contribution < -0.4 is 5.32 Å². The van der Waals surface area contributed by atoms with Gasteiger partial charge in [0.15, 0.2) is 0 Å². The van der Waals surface area contributed by atoms with Gasteiger partial charge in [-0.15, -0.1) is 0 Å². The van der Waals surface area contributed by atoms with Crippen molar-refractivity contribution in [1.29, 1.82) is 0 Å². The molecule has 0 radical (unpaired) electrons. The van der Waals surface area contributed by atoms with Gasteiger partial charge in [0.05, 0.1) is 0 Å². The second kappa shape index (κ2) is 6.86. The maximum absolute atomic E-state index is 3.75. The first-order valence-electron chi connectivity index (χ1n) is 4.20. The van der Waals surface area contributed by atoms with E-state index in [-0.39, 0.29) is 0 Å². The van der Waals surface area contributed by atoms with Crippen molar-refractivity contribution in [2.24, 2.45) is 5.92 Å². The van der Waals surface area contributed by atoms with Crippen molar-refractivity contribution in [3.05, 3.63) is 11.1 Å². The van der Waals surface area contributed by atoms with Gasteiger partial charge < -0.3 is 5.32 Å². The summed E-state index contributed by atoms with van der Waals surface area (Å²) in [7, 11) is 0. The molecule has 0 aromatic carbocycles. The molecule has 0 heterocycles. The van der Waals surface area contributed by atoms with Gasteiger partial charge in [-0.25, -0.2) is 0 Å². The van der Waals surface area contributed by atoms with Crippen LogP contribution in [0.4, 0.5) is 0 Å². The van der Waals surface area contributed by atoms with Crippen molar-refractivity contribution >= 4 is 15.9 Å². The molecule has 0 saturated heterocycles. The van der Waals surface area contributed by atoms with E-state index in [4.69, 9.17) is 0 Å². The van der Waals surface area contributed by atoms with Gasteiger partial charge in [0.2, 0.25) is 0 Å². The van der Waals surface area contributed by atoms with Crippen LogP contribution in [0.2, 0.25) is 0 Å². The number of nitrogens with one attached hydrogen (secondary N) is 1. The Bertz CT molecular complexity index is 112. The fourth-order valence-electron chi connectivity index (χ4n) is 1.05. The normalized spacial score (nSPS) is 13.0. The first-order valence-corrected chi connectivity index (χ1v) is 5.00. The van der Waals surface area contributed by atoms with Crippen LogP contribution in [0.15, 0.2) is 11.1 Å². The second-order valence-corrected chi connectivity index (χ2v) is 4.16. The van der Waals surface area contributed by atoms with Crippen LogP contribution >= 0.6 is 15.9 Å². The van der Waals surface area contributed by atoms with E-state index in [0.29, 0.717) is 0 Å². The highest BCUT2D eigenvalue weighted by molar-refractivity contribution is 9.11. The third kappa shape index (κ3) is 8.08. The van der Waals surface area contributed by atoms with Gasteiger partial charge in [-0.05, 0) is 18.9 Å². The summed E-state index contributed by atoms with van der Waals surface area (Å²) >= 11 is 3.31. The summed E-state index contributed by atoms with van der Waals surface area (Å²) in [6.45, 7) is 10.2. The molecule has 1 unspecified atom stereocenters. The number of rotatable bonds is 6. The van der Waals surface area contributed by atoms with Gasteiger partial charge in [-0.2, -0.15) is 0 Å². The fraction of sp³-hybridized carbons (Fsp3) is 0.778. The van der Waals surface area contributed by atoms with Crippen LogP contribution in [-0.2, 0) is 0 Å². The lowest BCUT2D eigenvalue weighted by Gasteiger charge is -2.10. The van der Waals surface area contributed by atoms with E-state index in [1.165, 1.54) is 12.8 Å². The van der Waals surface area contributed by atoms with Gasteiger partial charge >= 0.3 is 0 Å². The smallest absolute Gasteiger partial charge is 0.0265 e. The quantitative estimate of drug-likeness (QED) is 0.725. The van der Waals surface area contributed by atoms with Crippen molar-refractivity contribution in [3.63, 3.8) is 0 Å². The highest BCUT2D eigenvalue weighted by Gasteiger charge is 1.98. The number of hydrogen-bond acceptors (Lipinski definition) is 1. The molecule has 0 rings (SSSR count). The first kappa shape index (κ1) is 11.2. The largest absolute Gasteiger partial charge is 0.312 e. The van der Waals surface area contributed by atoms with Gasteiger partial charge in [-0.3, -0.25) is 0 Å². The topological polar surface area (TPSA) is 12.0 Å². The van der Waals surface area contributed by atoms with Crippen molar-refractivity contribution < 1.29 is 0 Å². The summed E-state index contributed by atoms with van der Waals surface area (Å²) in [5.74, 6) is 0.784. The molecule has 0 aromatic heterocycles. The standard InChI is InChI=1S/C9H18BrN/c1-4-5-8(2)6-11-7-9(3)10/h8,11H,3-7H2,1-2H3. The van der Waals surface area contributed by atoms with Crippen molar-refractivity contribution in [1.82, 2.24) is 5.32 Å². The van der Waals surface area contributed by atoms with Crippen molar-refractivity contribution in [3.8, 4) is 0 Å². The van der Waals surface area contributed by atoms with Crippen molar-refractivity contribution in [2.45, 2.75) is 26.7 Å². The highest BCUT2D eigenvalue weighted by Crippen LogP contribution is 2.03. The Morgan fingerprint density at radius 2 is 2.27 bits per heavy atom. The van der Waals surface area contributed by atoms with Gasteiger partial charge in [0.1, 0.15) is 0 Å². The van der Waals surface area contributed by atoms with Gasteiger partial charge in [-0.1, -0.05) is 42.8 Å². The minimum Gasteiger partial charge on any atom is -0.312 e. The number of halogens is 1. The highest BCUT2D eigenvalue weighted by atomic mass is 79.9. The molecule has 1 nitrogen and oxygen atoms in total. The summed E-state index contributed by atoms with van der Waals surface area (Å²) < 4.78 is 1.03. The van der Waals surface area contributed by atoms with E-state index in [1.54, 1.807) is 0 Å². The van der Waals surface area contributed by atoms with Crippen molar-refractivity contribution in [2.75, 3.05) is 13.1 Å². The molecule has 0 amide bonds. The fourth-order valence-corrected chi connectivity index (χ4v) is 1.25. The molecule has 0 fully saturated rings. The average molecular weight is 220 g/mol. The van der Waals surface area contributed by atoms with Crippen LogP contribution in [0.1, 0.15) is 26.7 Å². The van der Waals surface area contributed by atoms with Crippen LogP contribution in [0, 0.1) is 5.92 Å². The molecular weight excluding hydrogens is 202 g/mol. The van der Waals surface area contributed by atoms with Crippen LogP contribution in [0.25, 0.3) is 0 Å². The first-order chi connectivity index (χ1) is 5.16. The minimum atomic E-state index is 0.784. The molecule has 2 heteroatoms. The maximum Gasteiger partial charge on any atom is 0.0265 e. The summed E-state index contributed by atoms with van der Waals surface area (Å²) in [6.07, 6.45) is 2.58. The van der Waals surface area contributed by atoms with E-state index in [2.05, 4.69) is 41.7 Å². The Balaban J connectivity index is 3.16. The molecule has 0 spiro atoms. The molecule has 0 aromatic rings. The zero-order chi connectivity index (χ0) is 8.69. The Morgan fingerprint density at radius 3 is 2.73 bits per heavy atom. The molecule has 1 atom stereocenters. The van der Waals surface area contributed by atoms with Gasteiger partial charge in [0.25, 0.3) is 0 Å². The summed E-state index contributed by atoms with van der Waals surface area (Å²) in [4.78, 5) is 0. The molecule has 11 heavy (non-hydrogen) atoms. The lowest BCUT2D eigenvalue weighted by molar-refractivity contribution is 0.488. The Kier molecular flexibility index (Phi) is 6.98. The Hall–Kier alpha value is 0.180. The predicted octanol–water partition coefficient (Wildman–Crippen LogP) is 2.92. The molecular formula is C9H18BrN. The molecule has 66 valence electrons. The molecule has 0 bridgehead atoms. The zero-order valence-electron chi connectivity index (χ0n) is 7.49. The van der Waals surface area contributed by atoms with Gasteiger partial charge in [0, 0.05) is 11.0 Å². The molecule has 0 aliphatic heterocycles. The van der Waals surface area contributed by atoms with Crippen LogP contribution in [0.5, 0.6) is 0 Å². The van der Waals surface area contributed by atoms with E-state index in [0.717, 1.165) is 23.5 Å². The van der Waals surface area contributed by atoms with Crippen LogP contribution in [0.3, 0.4) is 0 Å². The van der Waals surface area contributed by atoms with E-state index >= 15 is 0 Å². The second-order valence-electron chi connectivity index (χ2n) is 3.04. The lowest BCUT2D eigenvalue weighted by Crippen LogP contribution is -2.22. The average Bonchev–Trinajstić information content (AvgIpc) is 1.87. The zero-order valence-corrected chi connectivity index (χ0v) is 9.08. The Labute approximate surface area is 78.4 Å².